The monoisotopic (exact) mass is 348 g/mol. The molecule has 0 radical (unpaired) electrons. The van der Waals surface area contributed by atoms with E-state index >= 15 is 0 Å². The third kappa shape index (κ3) is 3.04. The van der Waals surface area contributed by atoms with Crippen LogP contribution >= 0.6 is 0 Å². The van der Waals surface area contributed by atoms with E-state index < -0.39 is 12.6 Å². The lowest BCUT2D eigenvalue weighted by Crippen LogP contribution is -2.07. The molecule has 4 aromatic rings. The van der Waals surface area contributed by atoms with Crippen molar-refractivity contribution in [3.05, 3.63) is 77.6 Å². The van der Waals surface area contributed by atoms with Crippen molar-refractivity contribution < 1.29 is 14.3 Å². The van der Waals surface area contributed by atoms with Crippen LogP contribution in [0.25, 0.3) is 21.8 Å². The third-order valence-electron chi connectivity index (χ3n) is 4.52. The third-order valence-corrected chi connectivity index (χ3v) is 4.52. The maximum absolute atomic E-state index is 13.1. The predicted molar refractivity (Wildman–Crippen MR) is 98.9 cm³/mol. The molecule has 0 fully saturated rings. The fourth-order valence-electron chi connectivity index (χ4n) is 3.32. The molecule has 0 saturated heterocycles. The average molecular weight is 348 g/mol. The number of para-hydroxylation sites is 1. The van der Waals surface area contributed by atoms with Crippen LogP contribution in [0, 0.1) is 0 Å². The standard InChI is InChI=1S/C21H17FN2O2/c22-11-14-5-8-20-18(9-14)16(12-24(20)13-21(25)26)10-17-7-6-15-3-1-2-4-19(15)23-17/h1-9,12H,10-11,13H2,(H,25,26). The molecule has 5 heteroatoms. The van der Waals surface area contributed by atoms with Gasteiger partial charge in [0, 0.05) is 34.6 Å². The summed E-state index contributed by atoms with van der Waals surface area (Å²) < 4.78 is 14.8. The fourth-order valence-corrected chi connectivity index (χ4v) is 3.32. The van der Waals surface area contributed by atoms with Gasteiger partial charge in [0.15, 0.2) is 0 Å². The van der Waals surface area contributed by atoms with Gasteiger partial charge >= 0.3 is 5.97 Å². The zero-order valence-electron chi connectivity index (χ0n) is 14.0. The number of carboxylic acids is 1. The first-order chi connectivity index (χ1) is 12.6. The Morgan fingerprint density at radius 2 is 1.96 bits per heavy atom. The molecule has 1 N–H and O–H groups in total. The van der Waals surface area contributed by atoms with Crippen LogP contribution in [-0.2, 0) is 24.4 Å². The van der Waals surface area contributed by atoms with E-state index in [1.807, 2.05) is 42.6 Å². The normalized spacial score (nSPS) is 11.3. The molecule has 2 aromatic carbocycles. The number of halogens is 1. The summed E-state index contributed by atoms with van der Waals surface area (Å²) in [4.78, 5) is 15.8. The maximum Gasteiger partial charge on any atom is 0.323 e. The summed E-state index contributed by atoms with van der Waals surface area (Å²) in [7, 11) is 0. The topological polar surface area (TPSA) is 55.1 Å². The van der Waals surface area contributed by atoms with Crippen molar-refractivity contribution in [2.75, 3.05) is 0 Å². The number of carboxylic acid groups (broad SMARTS) is 1. The highest BCUT2D eigenvalue weighted by Gasteiger charge is 2.13. The molecule has 0 aliphatic heterocycles. The quantitative estimate of drug-likeness (QED) is 0.584. The molecule has 2 heterocycles. The van der Waals surface area contributed by atoms with Gasteiger partial charge in [-0.1, -0.05) is 30.3 Å². The van der Waals surface area contributed by atoms with E-state index in [2.05, 4.69) is 0 Å². The van der Waals surface area contributed by atoms with Crippen LogP contribution in [0.4, 0.5) is 4.39 Å². The lowest BCUT2D eigenvalue weighted by molar-refractivity contribution is -0.137. The minimum absolute atomic E-state index is 0.128. The summed E-state index contributed by atoms with van der Waals surface area (Å²) in [6.07, 6.45) is 2.39. The second kappa shape index (κ2) is 6.59. The van der Waals surface area contributed by atoms with E-state index in [9.17, 15) is 9.18 Å². The summed E-state index contributed by atoms with van der Waals surface area (Å²) in [5.41, 5.74) is 4.13. The van der Waals surface area contributed by atoms with Gasteiger partial charge in [0.25, 0.3) is 0 Å². The molecule has 0 aliphatic rings. The van der Waals surface area contributed by atoms with E-state index in [4.69, 9.17) is 10.1 Å². The minimum Gasteiger partial charge on any atom is -0.480 e. The van der Waals surface area contributed by atoms with Crippen molar-refractivity contribution in [2.45, 2.75) is 19.6 Å². The summed E-state index contributed by atoms with van der Waals surface area (Å²) in [5.74, 6) is -0.910. The van der Waals surface area contributed by atoms with Crippen molar-refractivity contribution in [3.8, 4) is 0 Å². The molecule has 0 saturated carbocycles. The molecule has 130 valence electrons. The van der Waals surface area contributed by atoms with Gasteiger partial charge in [0.05, 0.1) is 5.52 Å². The fraction of sp³-hybridized carbons (Fsp3) is 0.143. The Bertz CT molecular complexity index is 1120. The second-order valence-corrected chi connectivity index (χ2v) is 6.33. The number of hydrogen-bond acceptors (Lipinski definition) is 2. The first kappa shape index (κ1) is 16.3. The van der Waals surface area contributed by atoms with E-state index in [0.29, 0.717) is 12.0 Å². The molecule has 4 rings (SSSR count). The Hall–Kier alpha value is -3.21. The molecule has 0 spiro atoms. The summed E-state index contributed by atoms with van der Waals surface area (Å²) in [5, 5.41) is 11.1. The van der Waals surface area contributed by atoms with Gasteiger partial charge in [-0.2, -0.15) is 0 Å². The van der Waals surface area contributed by atoms with Gasteiger partial charge in [0.2, 0.25) is 0 Å². The van der Waals surface area contributed by atoms with Crippen molar-refractivity contribution in [1.82, 2.24) is 9.55 Å². The number of carbonyl (C=O) groups is 1. The van der Waals surface area contributed by atoms with Gasteiger partial charge < -0.3 is 9.67 Å². The maximum atomic E-state index is 13.1. The van der Waals surface area contributed by atoms with Crippen LogP contribution in [0.5, 0.6) is 0 Å². The molecular formula is C21H17FN2O2. The van der Waals surface area contributed by atoms with Crippen LogP contribution in [0.1, 0.15) is 16.8 Å². The SMILES string of the molecule is O=C(O)Cn1cc(Cc2ccc3ccccc3n2)c2cc(CF)ccc21. The Morgan fingerprint density at radius 3 is 2.77 bits per heavy atom. The smallest absolute Gasteiger partial charge is 0.323 e. The van der Waals surface area contributed by atoms with Crippen molar-refractivity contribution in [2.24, 2.45) is 0 Å². The van der Waals surface area contributed by atoms with E-state index in [1.165, 1.54) is 0 Å². The molecule has 0 atom stereocenters. The molecule has 0 amide bonds. The highest BCUT2D eigenvalue weighted by Crippen LogP contribution is 2.26. The number of benzene rings is 2. The van der Waals surface area contributed by atoms with Crippen LogP contribution in [0.15, 0.2) is 60.8 Å². The minimum atomic E-state index is -0.910. The summed E-state index contributed by atoms with van der Waals surface area (Å²) in [6, 6.07) is 17.2. The van der Waals surface area contributed by atoms with Gasteiger partial charge in [-0.05, 0) is 35.4 Å². The predicted octanol–water partition coefficient (Wildman–Crippen LogP) is 4.33. The molecule has 4 nitrogen and oxygen atoms in total. The molecule has 0 aliphatic carbocycles. The number of pyridine rings is 1. The Kier molecular flexibility index (Phi) is 4.13. The highest BCUT2D eigenvalue weighted by molar-refractivity contribution is 5.86. The molecule has 0 bridgehead atoms. The largest absolute Gasteiger partial charge is 0.480 e. The van der Waals surface area contributed by atoms with Gasteiger partial charge in [-0.15, -0.1) is 0 Å². The molecular weight excluding hydrogens is 331 g/mol. The van der Waals surface area contributed by atoms with Gasteiger partial charge in [-0.3, -0.25) is 9.78 Å². The Labute approximate surface area is 149 Å². The van der Waals surface area contributed by atoms with Crippen molar-refractivity contribution in [1.29, 1.82) is 0 Å². The first-order valence-electron chi connectivity index (χ1n) is 8.37. The number of hydrogen-bond donors (Lipinski definition) is 1. The Morgan fingerprint density at radius 1 is 1.12 bits per heavy atom. The summed E-state index contributed by atoms with van der Waals surface area (Å²) in [6.45, 7) is -0.676. The number of rotatable bonds is 5. The molecule has 2 aromatic heterocycles. The number of aromatic nitrogens is 2. The second-order valence-electron chi connectivity index (χ2n) is 6.33. The zero-order chi connectivity index (χ0) is 18.1. The number of alkyl halides is 1. The van der Waals surface area contributed by atoms with Crippen LogP contribution in [0.2, 0.25) is 0 Å². The lowest BCUT2D eigenvalue weighted by Gasteiger charge is -2.03. The van der Waals surface area contributed by atoms with E-state index in [0.717, 1.165) is 33.1 Å². The highest BCUT2D eigenvalue weighted by atomic mass is 19.1. The van der Waals surface area contributed by atoms with Gasteiger partial charge in [0.1, 0.15) is 13.2 Å². The van der Waals surface area contributed by atoms with Crippen molar-refractivity contribution in [3.63, 3.8) is 0 Å². The lowest BCUT2D eigenvalue weighted by atomic mass is 10.1. The van der Waals surface area contributed by atoms with Crippen molar-refractivity contribution >= 4 is 27.8 Å². The van der Waals surface area contributed by atoms with Crippen LogP contribution in [0.3, 0.4) is 0 Å². The van der Waals surface area contributed by atoms with Crippen LogP contribution < -0.4 is 0 Å². The van der Waals surface area contributed by atoms with E-state index in [1.54, 1.807) is 22.8 Å². The number of nitrogens with zero attached hydrogens (tertiary/aromatic N) is 2. The van der Waals surface area contributed by atoms with Gasteiger partial charge in [-0.25, -0.2) is 4.39 Å². The number of aliphatic carboxylic acids is 1. The first-order valence-corrected chi connectivity index (χ1v) is 8.37. The zero-order valence-corrected chi connectivity index (χ0v) is 14.0. The Balaban J connectivity index is 1.79. The molecule has 26 heavy (non-hydrogen) atoms. The summed E-state index contributed by atoms with van der Waals surface area (Å²) >= 11 is 0. The van der Waals surface area contributed by atoms with Crippen LogP contribution in [-0.4, -0.2) is 20.6 Å². The number of fused-ring (bicyclic) bond motifs is 2. The average Bonchev–Trinajstić information content (AvgIpc) is 2.97. The molecule has 0 unspecified atom stereocenters. The van der Waals surface area contributed by atoms with E-state index in [-0.39, 0.29) is 6.54 Å².